The lowest BCUT2D eigenvalue weighted by atomic mass is 10.2. The van der Waals surface area contributed by atoms with E-state index in [-0.39, 0.29) is 12.5 Å². The molecule has 5 nitrogen and oxygen atoms in total. The van der Waals surface area contributed by atoms with Crippen LogP contribution < -0.4 is 0 Å². The maximum atomic E-state index is 11.9. The van der Waals surface area contributed by atoms with E-state index in [2.05, 4.69) is 5.16 Å². The van der Waals surface area contributed by atoms with Crippen LogP contribution in [0.25, 0.3) is 0 Å². The van der Waals surface area contributed by atoms with Crippen molar-refractivity contribution in [3.63, 3.8) is 0 Å². The lowest BCUT2D eigenvalue weighted by molar-refractivity contribution is 0.0774. The summed E-state index contributed by atoms with van der Waals surface area (Å²) in [6.07, 6.45) is 2.20. The first kappa shape index (κ1) is 11.2. The number of aryl methyl sites for hydroxylation is 1. The van der Waals surface area contributed by atoms with Gasteiger partial charge in [0.1, 0.15) is 17.9 Å². The highest BCUT2D eigenvalue weighted by atomic mass is 16.5. The van der Waals surface area contributed by atoms with Crippen LogP contribution in [0, 0.1) is 18.3 Å². The van der Waals surface area contributed by atoms with Gasteiger partial charge in [0.25, 0.3) is 5.91 Å². The molecule has 0 fully saturated rings. The molecule has 1 rings (SSSR count). The fraction of sp³-hybridized carbons (Fsp3) is 0.500. The van der Waals surface area contributed by atoms with Crippen LogP contribution in [0.3, 0.4) is 0 Å². The summed E-state index contributed by atoms with van der Waals surface area (Å²) < 4.78 is 4.81. The normalized spacial score (nSPS) is 9.67. The summed E-state index contributed by atoms with van der Waals surface area (Å²) in [5.41, 5.74) is 0.429. The largest absolute Gasteiger partial charge is 0.361 e. The van der Waals surface area contributed by atoms with Crippen LogP contribution in [-0.2, 0) is 0 Å². The summed E-state index contributed by atoms with van der Waals surface area (Å²) in [4.78, 5) is 13.4. The quantitative estimate of drug-likeness (QED) is 0.699. The van der Waals surface area contributed by atoms with Crippen molar-refractivity contribution < 1.29 is 9.32 Å². The predicted molar refractivity (Wildman–Crippen MR) is 53.0 cm³/mol. The van der Waals surface area contributed by atoms with Gasteiger partial charge in [-0.25, -0.2) is 0 Å². The summed E-state index contributed by atoms with van der Waals surface area (Å²) in [6.45, 7) is 4.29. The third-order valence-corrected chi connectivity index (χ3v) is 2.02. The van der Waals surface area contributed by atoms with Gasteiger partial charge in [0.05, 0.1) is 12.3 Å². The van der Waals surface area contributed by atoms with E-state index in [0.717, 1.165) is 6.42 Å². The summed E-state index contributed by atoms with van der Waals surface area (Å²) in [5, 5.41) is 12.1. The predicted octanol–water partition coefficient (Wildman–Crippen LogP) is 1.36. The van der Waals surface area contributed by atoms with Crippen LogP contribution in [0.5, 0.6) is 0 Å². The number of hydrogen-bond donors (Lipinski definition) is 0. The van der Waals surface area contributed by atoms with E-state index in [1.165, 1.54) is 11.1 Å². The average molecular weight is 207 g/mol. The Bertz CT molecular complexity index is 378. The molecule has 0 aliphatic heterocycles. The van der Waals surface area contributed by atoms with Crippen LogP contribution in [0.4, 0.5) is 0 Å². The molecule has 80 valence electrons. The van der Waals surface area contributed by atoms with E-state index < -0.39 is 0 Å². The van der Waals surface area contributed by atoms with E-state index in [1.54, 1.807) is 6.92 Å². The Labute approximate surface area is 88.3 Å². The summed E-state index contributed by atoms with van der Waals surface area (Å²) in [6, 6.07) is 1.97. The Kier molecular flexibility index (Phi) is 3.86. The number of rotatable bonds is 4. The number of hydrogen-bond acceptors (Lipinski definition) is 4. The molecule has 0 atom stereocenters. The molecule has 1 heterocycles. The molecule has 15 heavy (non-hydrogen) atoms. The van der Waals surface area contributed by atoms with E-state index in [0.29, 0.717) is 17.9 Å². The number of carbonyl (C=O) groups excluding carboxylic acids is 1. The maximum Gasteiger partial charge on any atom is 0.259 e. The number of nitriles is 1. The molecule has 1 amide bonds. The van der Waals surface area contributed by atoms with Gasteiger partial charge in [-0.05, 0) is 13.3 Å². The molecule has 0 spiro atoms. The molecule has 0 N–H and O–H groups in total. The fourth-order valence-electron chi connectivity index (χ4n) is 1.28. The van der Waals surface area contributed by atoms with E-state index in [1.807, 2.05) is 13.0 Å². The molecule has 0 radical (unpaired) electrons. The molecule has 0 aliphatic rings. The monoisotopic (exact) mass is 207 g/mol. The minimum Gasteiger partial charge on any atom is -0.361 e. The Hall–Kier alpha value is -1.83. The first-order valence-electron chi connectivity index (χ1n) is 4.78. The van der Waals surface area contributed by atoms with Gasteiger partial charge in [-0.1, -0.05) is 12.1 Å². The first-order chi connectivity index (χ1) is 7.20. The molecule has 1 aromatic heterocycles. The van der Waals surface area contributed by atoms with Gasteiger partial charge in [-0.3, -0.25) is 4.79 Å². The van der Waals surface area contributed by atoms with Crippen LogP contribution in [0.1, 0.15) is 29.5 Å². The van der Waals surface area contributed by atoms with Crippen LogP contribution in [-0.4, -0.2) is 29.1 Å². The molecule has 0 unspecified atom stereocenters. The highest BCUT2D eigenvalue weighted by Crippen LogP contribution is 2.09. The third-order valence-electron chi connectivity index (χ3n) is 2.02. The van der Waals surface area contributed by atoms with Gasteiger partial charge in [0.15, 0.2) is 0 Å². The van der Waals surface area contributed by atoms with Gasteiger partial charge in [0, 0.05) is 6.54 Å². The molecular formula is C10H13N3O2. The van der Waals surface area contributed by atoms with E-state index >= 15 is 0 Å². The van der Waals surface area contributed by atoms with E-state index in [4.69, 9.17) is 9.78 Å². The Balaban J connectivity index is 2.81. The van der Waals surface area contributed by atoms with Gasteiger partial charge in [0.2, 0.25) is 0 Å². The maximum absolute atomic E-state index is 11.9. The van der Waals surface area contributed by atoms with Crippen LogP contribution in [0.15, 0.2) is 10.7 Å². The van der Waals surface area contributed by atoms with Gasteiger partial charge >= 0.3 is 0 Å². The van der Waals surface area contributed by atoms with Crippen LogP contribution in [0.2, 0.25) is 0 Å². The third kappa shape index (κ3) is 2.56. The average Bonchev–Trinajstić information content (AvgIpc) is 2.63. The molecule has 0 saturated carbocycles. The zero-order valence-corrected chi connectivity index (χ0v) is 8.86. The zero-order valence-electron chi connectivity index (χ0n) is 8.86. The molecule has 0 saturated heterocycles. The second-order valence-corrected chi connectivity index (χ2v) is 3.18. The van der Waals surface area contributed by atoms with Gasteiger partial charge < -0.3 is 9.42 Å². The summed E-state index contributed by atoms with van der Waals surface area (Å²) >= 11 is 0. The van der Waals surface area contributed by atoms with Gasteiger partial charge in [-0.2, -0.15) is 5.26 Å². The topological polar surface area (TPSA) is 70.1 Å². The van der Waals surface area contributed by atoms with Crippen molar-refractivity contribution in [2.24, 2.45) is 0 Å². The minimum atomic E-state index is -0.197. The molecule has 0 aromatic carbocycles. The van der Waals surface area contributed by atoms with Crippen molar-refractivity contribution in [3.05, 3.63) is 17.5 Å². The molecule has 0 aliphatic carbocycles. The first-order valence-corrected chi connectivity index (χ1v) is 4.78. The zero-order chi connectivity index (χ0) is 11.3. The molecule has 1 aromatic rings. The van der Waals surface area contributed by atoms with Gasteiger partial charge in [-0.15, -0.1) is 0 Å². The molecule has 0 bridgehead atoms. The number of amides is 1. The van der Waals surface area contributed by atoms with Crippen molar-refractivity contribution >= 4 is 5.91 Å². The fourth-order valence-corrected chi connectivity index (χ4v) is 1.28. The SMILES string of the molecule is CCCN(CC#N)C(=O)c1cnoc1C. The van der Waals surface area contributed by atoms with Crippen molar-refractivity contribution in [3.8, 4) is 6.07 Å². The summed E-state index contributed by atoms with van der Waals surface area (Å²) in [5.74, 6) is 0.288. The Morgan fingerprint density at radius 2 is 2.47 bits per heavy atom. The number of aromatic nitrogens is 1. The number of nitrogens with zero attached hydrogens (tertiary/aromatic N) is 3. The van der Waals surface area contributed by atoms with Crippen molar-refractivity contribution in [2.75, 3.05) is 13.1 Å². The smallest absolute Gasteiger partial charge is 0.259 e. The highest BCUT2D eigenvalue weighted by molar-refractivity contribution is 5.94. The second-order valence-electron chi connectivity index (χ2n) is 3.18. The number of carbonyl (C=O) groups is 1. The van der Waals surface area contributed by atoms with Crippen molar-refractivity contribution in [2.45, 2.75) is 20.3 Å². The lowest BCUT2D eigenvalue weighted by Gasteiger charge is -2.17. The highest BCUT2D eigenvalue weighted by Gasteiger charge is 2.19. The standard InChI is InChI=1S/C10H13N3O2/c1-3-5-13(6-4-11)10(14)9-7-12-15-8(9)2/h7H,3,5-6H2,1-2H3. The van der Waals surface area contributed by atoms with Crippen molar-refractivity contribution in [1.29, 1.82) is 5.26 Å². The molecular weight excluding hydrogens is 194 g/mol. The lowest BCUT2D eigenvalue weighted by Crippen LogP contribution is -2.32. The van der Waals surface area contributed by atoms with E-state index in [9.17, 15) is 4.79 Å². The van der Waals surface area contributed by atoms with Crippen molar-refractivity contribution in [1.82, 2.24) is 10.1 Å². The minimum absolute atomic E-state index is 0.0945. The Morgan fingerprint density at radius 1 is 1.73 bits per heavy atom. The van der Waals surface area contributed by atoms with Crippen LogP contribution >= 0.6 is 0 Å². The Morgan fingerprint density at radius 3 is 2.93 bits per heavy atom. The second kappa shape index (κ2) is 5.15. The summed E-state index contributed by atoms with van der Waals surface area (Å²) in [7, 11) is 0. The molecule has 5 heteroatoms.